The second kappa shape index (κ2) is 6.35. The minimum absolute atomic E-state index is 0.183. The summed E-state index contributed by atoms with van der Waals surface area (Å²) >= 11 is 9.40. The van der Waals surface area contributed by atoms with Gasteiger partial charge in [-0.2, -0.15) is 0 Å². The van der Waals surface area contributed by atoms with Crippen molar-refractivity contribution in [1.29, 1.82) is 0 Å². The lowest BCUT2D eigenvalue weighted by molar-refractivity contribution is 0.623. The molecule has 2 aromatic carbocycles. The molecule has 2 rings (SSSR count). The van der Waals surface area contributed by atoms with E-state index in [0.717, 1.165) is 22.3 Å². The Hall–Kier alpha value is -0.860. The Kier molecular flexibility index (Phi) is 4.79. The van der Waals surface area contributed by atoms with Gasteiger partial charge in [0.1, 0.15) is 5.82 Å². The van der Waals surface area contributed by atoms with E-state index in [-0.39, 0.29) is 5.82 Å². The highest BCUT2D eigenvalue weighted by Crippen LogP contribution is 2.24. The average molecular weight is 328 g/mol. The minimum Gasteiger partial charge on any atom is -0.207 e. The molecular weight excluding hydrogens is 315 g/mol. The van der Waals surface area contributed by atoms with Gasteiger partial charge < -0.3 is 0 Å². The number of benzene rings is 2. The van der Waals surface area contributed by atoms with Crippen LogP contribution in [-0.2, 0) is 6.42 Å². The molecule has 0 aliphatic heterocycles. The Morgan fingerprint density at radius 1 is 1.11 bits per heavy atom. The summed E-state index contributed by atoms with van der Waals surface area (Å²) in [5.74, 6) is 0.140. The van der Waals surface area contributed by atoms with Crippen molar-refractivity contribution in [2.75, 3.05) is 5.33 Å². The SMILES string of the molecule is Fc1cccc(CC(CBr)c2ccc(Cl)cc2)c1. The molecule has 0 radical (unpaired) electrons. The van der Waals surface area contributed by atoms with Gasteiger partial charge >= 0.3 is 0 Å². The van der Waals surface area contributed by atoms with Crippen LogP contribution in [0.15, 0.2) is 48.5 Å². The first-order valence-electron chi connectivity index (χ1n) is 5.75. The van der Waals surface area contributed by atoms with E-state index in [2.05, 4.69) is 15.9 Å². The maximum Gasteiger partial charge on any atom is 0.123 e. The third-order valence-corrected chi connectivity index (χ3v) is 3.93. The average Bonchev–Trinajstić information content (AvgIpc) is 2.37. The summed E-state index contributed by atoms with van der Waals surface area (Å²) in [6.07, 6.45) is 0.810. The predicted octanol–water partition coefficient (Wildman–Crippen LogP) is 5.20. The fourth-order valence-electron chi connectivity index (χ4n) is 1.94. The topological polar surface area (TPSA) is 0 Å². The zero-order valence-electron chi connectivity index (χ0n) is 9.74. The quantitative estimate of drug-likeness (QED) is 0.677. The molecule has 94 valence electrons. The van der Waals surface area contributed by atoms with Crippen LogP contribution in [0.1, 0.15) is 17.0 Å². The van der Waals surface area contributed by atoms with Crippen molar-refractivity contribution in [2.24, 2.45) is 0 Å². The molecule has 0 aliphatic rings. The molecule has 0 heterocycles. The molecule has 0 N–H and O–H groups in total. The van der Waals surface area contributed by atoms with E-state index in [0.29, 0.717) is 5.92 Å². The van der Waals surface area contributed by atoms with Crippen LogP contribution in [0.4, 0.5) is 4.39 Å². The number of hydrogen-bond acceptors (Lipinski definition) is 0. The number of halogens is 3. The Balaban J connectivity index is 2.17. The van der Waals surface area contributed by atoms with Crippen molar-refractivity contribution in [3.63, 3.8) is 0 Å². The summed E-state index contributed by atoms with van der Waals surface area (Å²) in [6, 6.07) is 14.6. The van der Waals surface area contributed by atoms with Gasteiger partial charge in [-0.25, -0.2) is 4.39 Å². The molecule has 0 aliphatic carbocycles. The van der Waals surface area contributed by atoms with E-state index in [1.807, 2.05) is 30.3 Å². The van der Waals surface area contributed by atoms with Gasteiger partial charge in [0.15, 0.2) is 0 Å². The van der Waals surface area contributed by atoms with Crippen LogP contribution < -0.4 is 0 Å². The molecule has 1 atom stereocenters. The first-order chi connectivity index (χ1) is 8.69. The molecule has 0 spiro atoms. The third-order valence-electron chi connectivity index (χ3n) is 2.90. The van der Waals surface area contributed by atoms with Crippen molar-refractivity contribution in [3.8, 4) is 0 Å². The summed E-state index contributed by atoms with van der Waals surface area (Å²) in [4.78, 5) is 0. The van der Waals surface area contributed by atoms with E-state index in [1.165, 1.54) is 11.6 Å². The van der Waals surface area contributed by atoms with Crippen molar-refractivity contribution in [3.05, 3.63) is 70.5 Å². The molecular formula is C15H13BrClF. The van der Waals surface area contributed by atoms with E-state index >= 15 is 0 Å². The highest BCUT2D eigenvalue weighted by atomic mass is 79.9. The van der Waals surface area contributed by atoms with Gasteiger partial charge in [0.2, 0.25) is 0 Å². The van der Waals surface area contributed by atoms with Crippen molar-refractivity contribution < 1.29 is 4.39 Å². The number of hydrogen-bond donors (Lipinski definition) is 0. The predicted molar refractivity (Wildman–Crippen MR) is 78.1 cm³/mol. The first-order valence-corrected chi connectivity index (χ1v) is 7.25. The van der Waals surface area contributed by atoms with Gasteiger partial charge in [-0.1, -0.05) is 51.8 Å². The molecule has 0 bridgehead atoms. The van der Waals surface area contributed by atoms with E-state index in [9.17, 15) is 4.39 Å². The highest BCUT2D eigenvalue weighted by molar-refractivity contribution is 9.09. The lowest BCUT2D eigenvalue weighted by atomic mass is 9.94. The lowest BCUT2D eigenvalue weighted by Gasteiger charge is -2.14. The van der Waals surface area contributed by atoms with E-state index in [1.54, 1.807) is 12.1 Å². The zero-order valence-corrected chi connectivity index (χ0v) is 12.1. The molecule has 2 aromatic rings. The van der Waals surface area contributed by atoms with Crippen LogP contribution in [0.3, 0.4) is 0 Å². The largest absolute Gasteiger partial charge is 0.207 e. The molecule has 18 heavy (non-hydrogen) atoms. The third kappa shape index (κ3) is 3.56. The second-order valence-corrected chi connectivity index (χ2v) is 5.32. The normalized spacial score (nSPS) is 12.4. The van der Waals surface area contributed by atoms with E-state index < -0.39 is 0 Å². The Morgan fingerprint density at radius 2 is 1.83 bits per heavy atom. The summed E-state index contributed by atoms with van der Waals surface area (Å²) in [6.45, 7) is 0. The Bertz CT molecular complexity index is 510. The molecule has 0 saturated heterocycles. The zero-order chi connectivity index (χ0) is 13.0. The maximum atomic E-state index is 13.1. The molecule has 0 aromatic heterocycles. The smallest absolute Gasteiger partial charge is 0.123 e. The number of rotatable bonds is 4. The van der Waals surface area contributed by atoms with Crippen LogP contribution in [0.2, 0.25) is 5.02 Å². The fraction of sp³-hybridized carbons (Fsp3) is 0.200. The van der Waals surface area contributed by atoms with Gasteiger partial charge in [0, 0.05) is 10.4 Å². The summed E-state index contributed by atoms with van der Waals surface area (Å²) in [5.41, 5.74) is 2.22. The van der Waals surface area contributed by atoms with Gasteiger partial charge in [-0.05, 0) is 47.7 Å². The Labute approximate surface area is 120 Å². The van der Waals surface area contributed by atoms with E-state index in [4.69, 9.17) is 11.6 Å². The van der Waals surface area contributed by atoms with Crippen molar-refractivity contribution in [1.82, 2.24) is 0 Å². The van der Waals surface area contributed by atoms with Gasteiger partial charge in [0.25, 0.3) is 0 Å². The van der Waals surface area contributed by atoms with Crippen LogP contribution >= 0.6 is 27.5 Å². The monoisotopic (exact) mass is 326 g/mol. The molecule has 3 heteroatoms. The standard InChI is InChI=1S/C15H13BrClF/c16-10-13(12-4-6-14(17)7-5-12)8-11-2-1-3-15(18)9-11/h1-7,9,13H,8,10H2. The molecule has 1 unspecified atom stereocenters. The summed E-state index contributed by atoms with van der Waals surface area (Å²) in [5, 5.41) is 1.57. The van der Waals surface area contributed by atoms with Crippen LogP contribution in [0.25, 0.3) is 0 Å². The summed E-state index contributed by atoms with van der Waals surface area (Å²) in [7, 11) is 0. The summed E-state index contributed by atoms with van der Waals surface area (Å²) < 4.78 is 13.1. The fourth-order valence-corrected chi connectivity index (χ4v) is 2.67. The first kappa shape index (κ1) is 13.6. The van der Waals surface area contributed by atoms with Crippen molar-refractivity contribution >= 4 is 27.5 Å². The highest BCUT2D eigenvalue weighted by Gasteiger charge is 2.11. The van der Waals surface area contributed by atoms with Gasteiger partial charge in [0.05, 0.1) is 0 Å². The molecule has 0 fully saturated rings. The van der Waals surface area contributed by atoms with Gasteiger partial charge in [-0.3, -0.25) is 0 Å². The molecule has 0 amide bonds. The van der Waals surface area contributed by atoms with Crippen LogP contribution in [-0.4, -0.2) is 5.33 Å². The van der Waals surface area contributed by atoms with Gasteiger partial charge in [-0.15, -0.1) is 0 Å². The minimum atomic E-state index is -0.183. The van der Waals surface area contributed by atoms with Crippen molar-refractivity contribution in [2.45, 2.75) is 12.3 Å². The van der Waals surface area contributed by atoms with Crippen LogP contribution in [0, 0.1) is 5.82 Å². The Morgan fingerprint density at radius 3 is 2.44 bits per heavy atom. The maximum absolute atomic E-state index is 13.1. The lowest BCUT2D eigenvalue weighted by Crippen LogP contribution is -2.04. The number of alkyl halides is 1. The molecule has 0 saturated carbocycles. The molecule has 0 nitrogen and oxygen atoms in total. The second-order valence-electron chi connectivity index (χ2n) is 4.24. The van der Waals surface area contributed by atoms with Crippen LogP contribution in [0.5, 0.6) is 0 Å².